The van der Waals surface area contributed by atoms with Crippen LogP contribution in [0.2, 0.25) is 0 Å². The maximum Gasteiger partial charge on any atom is 0.0582 e. The molecule has 4 heteroatoms. The second-order valence-electron chi connectivity index (χ2n) is 3.99. The Labute approximate surface area is 70.7 Å². The molecule has 0 radical (unpaired) electrons. The van der Waals surface area contributed by atoms with Crippen LogP contribution >= 0.6 is 10.8 Å². The first kappa shape index (κ1) is 11.2. The smallest absolute Gasteiger partial charge is 0.0582 e. The first-order valence-corrected chi connectivity index (χ1v) is 5.32. The summed E-state index contributed by atoms with van der Waals surface area (Å²) in [6.45, 7) is 9.29. The van der Waals surface area contributed by atoms with E-state index in [1.54, 1.807) is 13.8 Å². The zero-order chi connectivity index (χ0) is 9.28. The summed E-state index contributed by atoms with van der Waals surface area (Å²) in [4.78, 5) is 0. The quantitative estimate of drug-likeness (QED) is 0.613. The van der Waals surface area contributed by atoms with E-state index in [9.17, 15) is 9.11 Å². The first-order chi connectivity index (χ1) is 4.65. The molecule has 0 aliphatic heterocycles. The third kappa shape index (κ3) is 4.63. The Hall–Kier alpha value is 0.230. The summed E-state index contributed by atoms with van der Waals surface area (Å²) < 4.78 is 21.7. The minimum absolute atomic E-state index is 0.137. The molecule has 0 aliphatic rings. The van der Waals surface area contributed by atoms with Crippen LogP contribution in [0.5, 0.6) is 0 Å². The molecule has 0 rings (SSSR count). The van der Waals surface area contributed by atoms with Crippen LogP contribution in [0.25, 0.3) is 0 Å². The van der Waals surface area contributed by atoms with E-state index < -0.39 is 10.8 Å². The van der Waals surface area contributed by atoms with E-state index in [1.165, 1.54) is 0 Å². The number of nitrogens with one attached hydrogen (secondary N) is 1. The summed E-state index contributed by atoms with van der Waals surface area (Å²) >= 11 is 0. The fourth-order valence-electron chi connectivity index (χ4n) is 0.568. The van der Waals surface area contributed by atoms with Crippen LogP contribution in [0.1, 0.15) is 34.6 Å². The predicted molar refractivity (Wildman–Crippen MR) is 50.9 cm³/mol. The third-order valence-corrected chi connectivity index (χ3v) is 3.34. The molecule has 0 atom stereocenters. The third-order valence-electron chi connectivity index (χ3n) is 1.11. The van der Waals surface area contributed by atoms with Crippen molar-refractivity contribution < 1.29 is 9.11 Å². The van der Waals surface area contributed by atoms with E-state index in [0.29, 0.717) is 0 Å². The molecule has 0 aromatic carbocycles. The molecular formula is C7H19NO2S. The van der Waals surface area contributed by atoms with Gasteiger partial charge >= 0.3 is 0 Å². The van der Waals surface area contributed by atoms with Crippen LogP contribution in [-0.2, 0) is 0 Å². The molecule has 0 unspecified atom stereocenters. The number of hydrogen-bond acceptors (Lipinski definition) is 3. The minimum Gasteiger partial charge on any atom is -0.285 e. The van der Waals surface area contributed by atoms with Crippen molar-refractivity contribution in [3.63, 3.8) is 0 Å². The maximum atomic E-state index is 9.46. The van der Waals surface area contributed by atoms with Gasteiger partial charge in [-0.2, -0.15) is 0 Å². The molecule has 0 saturated heterocycles. The normalized spacial score (nSPS) is 15.6. The topological polar surface area (TPSA) is 52.5 Å². The van der Waals surface area contributed by atoms with Gasteiger partial charge in [-0.15, -0.1) is 10.8 Å². The van der Waals surface area contributed by atoms with Gasteiger partial charge in [0.15, 0.2) is 0 Å². The molecule has 0 bridgehead atoms. The van der Waals surface area contributed by atoms with Gasteiger partial charge in [0.1, 0.15) is 0 Å². The maximum absolute atomic E-state index is 9.46. The number of rotatable bonds is 2. The Morgan fingerprint density at radius 1 is 1.18 bits per heavy atom. The standard InChI is InChI=1S/C7H19NO2S/c1-6(2)11(9,10)8-7(3,4)5/h6,8-10H,1-5H3. The van der Waals surface area contributed by atoms with Gasteiger partial charge in [0.25, 0.3) is 0 Å². The van der Waals surface area contributed by atoms with Gasteiger partial charge in [0.2, 0.25) is 0 Å². The highest BCUT2D eigenvalue weighted by Crippen LogP contribution is 2.41. The van der Waals surface area contributed by atoms with Crippen LogP contribution in [0.4, 0.5) is 0 Å². The summed E-state index contributed by atoms with van der Waals surface area (Å²) in [6.07, 6.45) is 0. The number of hydrogen-bond donors (Lipinski definition) is 3. The van der Waals surface area contributed by atoms with Crippen LogP contribution in [0, 0.1) is 0 Å². The summed E-state index contributed by atoms with van der Waals surface area (Å²) in [5, 5.41) is -0.137. The lowest BCUT2D eigenvalue weighted by Gasteiger charge is -2.42. The fourth-order valence-corrected chi connectivity index (χ4v) is 1.71. The van der Waals surface area contributed by atoms with E-state index in [-0.39, 0.29) is 10.8 Å². The van der Waals surface area contributed by atoms with Crippen molar-refractivity contribution in [3.05, 3.63) is 0 Å². The average molecular weight is 181 g/mol. The summed E-state index contributed by atoms with van der Waals surface area (Å²) in [5.74, 6) is 0. The highest BCUT2D eigenvalue weighted by atomic mass is 32.3. The van der Waals surface area contributed by atoms with Crippen LogP contribution in [0.15, 0.2) is 0 Å². The molecule has 3 N–H and O–H groups in total. The first-order valence-electron chi connectivity index (χ1n) is 3.71. The van der Waals surface area contributed by atoms with E-state index in [1.807, 2.05) is 20.8 Å². The van der Waals surface area contributed by atoms with Gasteiger partial charge in [-0.25, -0.2) is 4.72 Å². The van der Waals surface area contributed by atoms with E-state index in [0.717, 1.165) is 0 Å². The highest BCUT2D eigenvalue weighted by Gasteiger charge is 2.23. The molecule has 0 heterocycles. The molecule has 0 fully saturated rings. The zero-order valence-electron chi connectivity index (χ0n) is 7.88. The molecule has 0 spiro atoms. The monoisotopic (exact) mass is 181 g/mol. The fraction of sp³-hybridized carbons (Fsp3) is 1.00. The minimum atomic E-state index is -2.61. The Bertz CT molecular complexity index is 129. The highest BCUT2D eigenvalue weighted by molar-refractivity contribution is 8.23. The van der Waals surface area contributed by atoms with Crippen molar-refractivity contribution in [1.82, 2.24) is 4.72 Å². The van der Waals surface area contributed by atoms with E-state index in [2.05, 4.69) is 4.72 Å². The Morgan fingerprint density at radius 2 is 1.55 bits per heavy atom. The van der Waals surface area contributed by atoms with Gasteiger partial charge in [-0.1, -0.05) is 0 Å². The van der Waals surface area contributed by atoms with Gasteiger partial charge < -0.3 is 0 Å². The largest absolute Gasteiger partial charge is 0.285 e. The predicted octanol–water partition coefficient (Wildman–Crippen LogP) is 2.45. The summed E-state index contributed by atoms with van der Waals surface area (Å²) in [5.41, 5.74) is -0.247. The molecule has 0 aromatic heterocycles. The van der Waals surface area contributed by atoms with Crippen molar-refractivity contribution in [2.75, 3.05) is 0 Å². The van der Waals surface area contributed by atoms with Crippen molar-refractivity contribution >= 4 is 10.8 Å². The Morgan fingerprint density at radius 3 is 1.64 bits per heavy atom. The lowest BCUT2D eigenvalue weighted by Crippen LogP contribution is -2.40. The van der Waals surface area contributed by atoms with Crippen molar-refractivity contribution in [2.24, 2.45) is 0 Å². The molecule has 11 heavy (non-hydrogen) atoms. The van der Waals surface area contributed by atoms with Crippen molar-refractivity contribution in [1.29, 1.82) is 0 Å². The van der Waals surface area contributed by atoms with Gasteiger partial charge in [-0.05, 0) is 34.6 Å². The van der Waals surface area contributed by atoms with Gasteiger partial charge in [0.05, 0.1) is 5.25 Å². The Kier molecular flexibility index (Phi) is 3.38. The van der Waals surface area contributed by atoms with Crippen LogP contribution in [-0.4, -0.2) is 19.9 Å². The van der Waals surface area contributed by atoms with Crippen molar-refractivity contribution in [2.45, 2.75) is 45.4 Å². The molecular weight excluding hydrogens is 162 g/mol. The molecule has 70 valence electrons. The molecule has 0 aliphatic carbocycles. The Balaban J connectivity index is 4.13. The lowest BCUT2D eigenvalue weighted by atomic mass is 10.1. The second kappa shape index (κ2) is 3.31. The average Bonchev–Trinajstić information content (AvgIpc) is 1.56. The van der Waals surface area contributed by atoms with Crippen LogP contribution < -0.4 is 4.72 Å². The van der Waals surface area contributed by atoms with E-state index >= 15 is 0 Å². The summed E-state index contributed by atoms with van der Waals surface area (Å²) in [7, 11) is -2.61. The molecule has 0 saturated carbocycles. The molecule has 3 nitrogen and oxygen atoms in total. The van der Waals surface area contributed by atoms with Crippen LogP contribution in [0.3, 0.4) is 0 Å². The lowest BCUT2D eigenvalue weighted by molar-refractivity contribution is 0.414. The SMILES string of the molecule is CC(C)S(O)(O)NC(C)(C)C. The second-order valence-corrected chi connectivity index (χ2v) is 6.33. The molecule has 0 amide bonds. The van der Waals surface area contributed by atoms with Gasteiger partial charge in [-0.3, -0.25) is 9.11 Å². The molecule has 0 aromatic rings. The zero-order valence-corrected chi connectivity index (χ0v) is 8.70. The van der Waals surface area contributed by atoms with E-state index in [4.69, 9.17) is 0 Å². The van der Waals surface area contributed by atoms with Gasteiger partial charge in [0, 0.05) is 5.54 Å². The summed E-state index contributed by atoms with van der Waals surface area (Å²) in [6, 6.07) is 0. The van der Waals surface area contributed by atoms with Crippen molar-refractivity contribution in [3.8, 4) is 0 Å².